The van der Waals surface area contributed by atoms with Gasteiger partial charge in [0.2, 0.25) is 0 Å². The highest BCUT2D eigenvalue weighted by Gasteiger charge is 2.00. The lowest BCUT2D eigenvalue weighted by Gasteiger charge is -2.05. The Morgan fingerprint density at radius 1 is 0.667 bits per heavy atom. The standard InChI is InChI=1S/C19H15NO/c21-14-11-15-1-3-16(4-2-15)17-5-7-18(8-6-17)19-9-12-20-13-10-19/h1-10,12-14H,11H2. The van der Waals surface area contributed by atoms with Crippen LogP contribution in [-0.4, -0.2) is 11.3 Å². The fraction of sp³-hybridized carbons (Fsp3) is 0.0526. The fourth-order valence-electron chi connectivity index (χ4n) is 2.33. The van der Waals surface area contributed by atoms with Crippen LogP contribution in [0.1, 0.15) is 5.56 Å². The summed E-state index contributed by atoms with van der Waals surface area (Å²) in [6.45, 7) is 0. The zero-order valence-electron chi connectivity index (χ0n) is 11.6. The van der Waals surface area contributed by atoms with Gasteiger partial charge in [-0.3, -0.25) is 4.98 Å². The van der Waals surface area contributed by atoms with Crippen molar-refractivity contribution in [2.45, 2.75) is 6.42 Å². The SMILES string of the molecule is O=CCc1ccc(-c2ccc(-c3ccncc3)cc2)cc1. The van der Waals surface area contributed by atoms with Crippen molar-refractivity contribution < 1.29 is 4.79 Å². The monoisotopic (exact) mass is 273 g/mol. The highest BCUT2D eigenvalue weighted by Crippen LogP contribution is 2.24. The zero-order valence-corrected chi connectivity index (χ0v) is 11.6. The van der Waals surface area contributed by atoms with Crippen LogP contribution in [0.25, 0.3) is 22.3 Å². The van der Waals surface area contributed by atoms with Crippen LogP contribution in [0.15, 0.2) is 73.1 Å². The van der Waals surface area contributed by atoms with Gasteiger partial charge in [-0.1, -0.05) is 48.5 Å². The first-order valence-corrected chi connectivity index (χ1v) is 6.90. The van der Waals surface area contributed by atoms with Gasteiger partial charge in [0, 0.05) is 18.8 Å². The number of aromatic nitrogens is 1. The van der Waals surface area contributed by atoms with Crippen molar-refractivity contribution in [2.24, 2.45) is 0 Å². The van der Waals surface area contributed by atoms with Gasteiger partial charge < -0.3 is 4.79 Å². The molecule has 0 aliphatic heterocycles. The molecule has 0 bridgehead atoms. The minimum atomic E-state index is 0.473. The van der Waals surface area contributed by atoms with Crippen molar-refractivity contribution in [3.8, 4) is 22.3 Å². The van der Waals surface area contributed by atoms with E-state index in [1.54, 1.807) is 12.4 Å². The largest absolute Gasteiger partial charge is 0.303 e. The molecule has 0 aliphatic rings. The van der Waals surface area contributed by atoms with Crippen LogP contribution in [0.3, 0.4) is 0 Å². The number of pyridine rings is 1. The summed E-state index contributed by atoms with van der Waals surface area (Å²) in [5, 5.41) is 0. The van der Waals surface area contributed by atoms with Crippen molar-refractivity contribution in [1.82, 2.24) is 4.98 Å². The van der Waals surface area contributed by atoms with E-state index in [1.807, 2.05) is 24.3 Å². The summed E-state index contributed by atoms with van der Waals surface area (Å²) >= 11 is 0. The summed E-state index contributed by atoms with van der Waals surface area (Å²) in [6.07, 6.45) is 5.00. The number of hydrogen-bond donors (Lipinski definition) is 0. The molecule has 102 valence electrons. The molecule has 2 nitrogen and oxygen atoms in total. The van der Waals surface area contributed by atoms with E-state index in [0.717, 1.165) is 23.0 Å². The van der Waals surface area contributed by atoms with Gasteiger partial charge >= 0.3 is 0 Å². The molecule has 0 aliphatic carbocycles. The number of aldehydes is 1. The molecule has 2 aromatic carbocycles. The number of rotatable bonds is 4. The summed E-state index contributed by atoms with van der Waals surface area (Å²) in [4.78, 5) is 14.5. The maximum Gasteiger partial charge on any atom is 0.124 e. The van der Waals surface area contributed by atoms with Crippen LogP contribution in [0.5, 0.6) is 0 Å². The molecule has 0 atom stereocenters. The molecule has 0 spiro atoms. The van der Waals surface area contributed by atoms with E-state index in [-0.39, 0.29) is 0 Å². The first kappa shape index (κ1) is 13.3. The van der Waals surface area contributed by atoms with Crippen LogP contribution >= 0.6 is 0 Å². The minimum Gasteiger partial charge on any atom is -0.303 e. The predicted octanol–water partition coefficient (Wildman–Crippen LogP) is 4.16. The number of carbonyl (C=O) groups is 1. The van der Waals surface area contributed by atoms with E-state index < -0.39 is 0 Å². The lowest BCUT2D eigenvalue weighted by molar-refractivity contribution is -0.107. The van der Waals surface area contributed by atoms with Gasteiger partial charge in [0.1, 0.15) is 6.29 Å². The molecule has 0 radical (unpaired) electrons. The van der Waals surface area contributed by atoms with E-state index in [0.29, 0.717) is 6.42 Å². The van der Waals surface area contributed by atoms with E-state index in [1.165, 1.54) is 11.1 Å². The second-order valence-corrected chi connectivity index (χ2v) is 4.88. The quantitative estimate of drug-likeness (QED) is 0.668. The molecule has 3 rings (SSSR count). The fourth-order valence-corrected chi connectivity index (χ4v) is 2.33. The van der Waals surface area contributed by atoms with Gasteiger partial charge in [-0.15, -0.1) is 0 Å². The summed E-state index contributed by atoms with van der Waals surface area (Å²) in [5.74, 6) is 0. The van der Waals surface area contributed by atoms with Gasteiger partial charge in [-0.2, -0.15) is 0 Å². The number of carbonyl (C=O) groups excluding carboxylic acids is 1. The van der Waals surface area contributed by atoms with E-state index in [4.69, 9.17) is 0 Å². The topological polar surface area (TPSA) is 30.0 Å². The van der Waals surface area contributed by atoms with Crippen LogP contribution in [0.4, 0.5) is 0 Å². The summed E-state index contributed by atoms with van der Waals surface area (Å²) < 4.78 is 0. The average Bonchev–Trinajstić information content (AvgIpc) is 2.57. The molecule has 3 aromatic rings. The van der Waals surface area contributed by atoms with E-state index in [2.05, 4.69) is 41.4 Å². The van der Waals surface area contributed by atoms with Gasteiger partial charge in [0.05, 0.1) is 0 Å². The maximum atomic E-state index is 10.5. The molecular weight excluding hydrogens is 258 g/mol. The first-order valence-electron chi connectivity index (χ1n) is 6.90. The molecular formula is C19H15NO. The van der Waals surface area contributed by atoms with Gasteiger partial charge in [-0.05, 0) is 39.9 Å². The zero-order chi connectivity index (χ0) is 14.5. The molecule has 2 heteroatoms. The van der Waals surface area contributed by atoms with Crippen LogP contribution in [-0.2, 0) is 11.2 Å². The van der Waals surface area contributed by atoms with Crippen molar-refractivity contribution >= 4 is 6.29 Å². The molecule has 0 amide bonds. The van der Waals surface area contributed by atoms with E-state index in [9.17, 15) is 4.79 Å². The Morgan fingerprint density at radius 2 is 1.10 bits per heavy atom. The van der Waals surface area contributed by atoms with Crippen LogP contribution < -0.4 is 0 Å². The lowest BCUT2D eigenvalue weighted by Crippen LogP contribution is -1.86. The van der Waals surface area contributed by atoms with Crippen molar-refractivity contribution in [3.05, 3.63) is 78.6 Å². The lowest BCUT2D eigenvalue weighted by atomic mass is 10.00. The maximum absolute atomic E-state index is 10.5. The third-order valence-corrected chi connectivity index (χ3v) is 3.50. The highest BCUT2D eigenvalue weighted by atomic mass is 16.1. The molecule has 0 saturated carbocycles. The van der Waals surface area contributed by atoms with Crippen LogP contribution in [0.2, 0.25) is 0 Å². The van der Waals surface area contributed by atoms with Crippen molar-refractivity contribution in [3.63, 3.8) is 0 Å². The third-order valence-electron chi connectivity index (χ3n) is 3.50. The molecule has 0 fully saturated rings. The van der Waals surface area contributed by atoms with E-state index >= 15 is 0 Å². The number of nitrogens with zero attached hydrogens (tertiary/aromatic N) is 1. The summed E-state index contributed by atoms with van der Waals surface area (Å²) in [5.41, 5.74) is 5.72. The Hall–Kier alpha value is -2.74. The minimum absolute atomic E-state index is 0.473. The Kier molecular flexibility index (Phi) is 3.88. The Balaban J connectivity index is 1.85. The van der Waals surface area contributed by atoms with Crippen molar-refractivity contribution in [2.75, 3.05) is 0 Å². The number of benzene rings is 2. The van der Waals surface area contributed by atoms with Gasteiger partial charge in [-0.25, -0.2) is 0 Å². The smallest absolute Gasteiger partial charge is 0.124 e. The Bertz CT molecular complexity index is 716. The molecule has 1 heterocycles. The summed E-state index contributed by atoms with van der Waals surface area (Å²) in [6, 6.07) is 20.6. The van der Waals surface area contributed by atoms with Crippen molar-refractivity contribution in [1.29, 1.82) is 0 Å². The summed E-state index contributed by atoms with van der Waals surface area (Å²) in [7, 11) is 0. The Morgan fingerprint density at radius 3 is 1.57 bits per heavy atom. The second kappa shape index (κ2) is 6.14. The second-order valence-electron chi connectivity index (χ2n) is 4.88. The van der Waals surface area contributed by atoms with Gasteiger partial charge in [0.15, 0.2) is 0 Å². The molecule has 0 saturated heterocycles. The van der Waals surface area contributed by atoms with Gasteiger partial charge in [0.25, 0.3) is 0 Å². The molecule has 1 aromatic heterocycles. The highest BCUT2D eigenvalue weighted by molar-refractivity contribution is 5.70. The molecule has 0 N–H and O–H groups in total. The normalized spacial score (nSPS) is 10.3. The molecule has 21 heavy (non-hydrogen) atoms. The Labute approximate surface area is 124 Å². The third kappa shape index (κ3) is 3.06. The first-order chi connectivity index (χ1) is 10.4. The predicted molar refractivity (Wildman–Crippen MR) is 84.9 cm³/mol. The molecule has 0 unspecified atom stereocenters. The average molecular weight is 273 g/mol. The van der Waals surface area contributed by atoms with Crippen LogP contribution in [0, 0.1) is 0 Å². The number of hydrogen-bond acceptors (Lipinski definition) is 2.